The van der Waals surface area contributed by atoms with Gasteiger partial charge in [-0.1, -0.05) is 23.2 Å². The highest BCUT2D eigenvalue weighted by Crippen LogP contribution is 2.53. The van der Waals surface area contributed by atoms with Crippen molar-refractivity contribution in [3.8, 4) is 0 Å². The van der Waals surface area contributed by atoms with Crippen LogP contribution in [0.1, 0.15) is 0 Å². The second-order valence-corrected chi connectivity index (χ2v) is 6.06. The van der Waals surface area contributed by atoms with E-state index in [4.69, 9.17) is 37.4 Å². The molecule has 0 radical (unpaired) electrons. The Bertz CT molecular complexity index is 501. The minimum absolute atomic E-state index is 0.0104. The molecule has 19 heavy (non-hydrogen) atoms. The van der Waals surface area contributed by atoms with Gasteiger partial charge in [0.15, 0.2) is 6.23 Å². The van der Waals surface area contributed by atoms with Gasteiger partial charge in [-0.3, -0.25) is 10.1 Å². The molecular weight excluding hydrogens is 303 g/mol. The van der Waals surface area contributed by atoms with Crippen LogP contribution in [-0.2, 0) is 19.0 Å². The number of hydrogen-bond acceptors (Lipinski definition) is 6. The molecule has 3 bridgehead atoms. The summed E-state index contributed by atoms with van der Waals surface area (Å²) in [5.74, 6) is -2.91. The molecule has 8 nitrogen and oxygen atoms in total. The van der Waals surface area contributed by atoms with E-state index >= 15 is 0 Å². The van der Waals surface area contributed by atoms with Crippen LogP contribution in [0, 0.1) is 0 Å². The second-order valence-electron chi connectivity index (χ2n) is 4.73. The number of nitrogens with zero attached hydrogens (tertiary/aromatic N) is 1. The summed E-state index contributed by atoms with van der Waals surface area (Å²) in [4.78, 5) is 24.7. The van der Waals surface area contributed by atoms with Crippen molar-refractivity contribution in [2.75, 3.05) is 6.61 Å². The molecule has 4 fully saturated rings. The minimum atomic E-state index is -2.16. The van der Waals surface area contributed by atoms with Gasteiger partial charge < -0.3 is 19.3 Å². The predicted molar refractivity (Wildman–Crippen MR) is 58.0 cm³/mol. The standard InChI is InChI=1S/C9H8Cl2N2O6/c10-8(11)6(15)12-7(16)13-5-3(14)4-2(18-5)1-17-9(8,13)19-4/h2-5,14H,1H2,(H,12,15,16)/t2-,3-,4+,5-,9?/m1/s1. The lowest BCUT2D eigenvalue weighted by Crippen LogP contribution is -2.81. The van der Waals surface area contributed by atoms with Crippen molar-refractivity contribution in [1.82, 2.24) is 10.2 Å². The maximum atomic E-state index is 12.0. The summed E-state index contributed by atoms with van der Waals surface area (Å²) < 4.78 is 14.3. The summed E-state index contributed by atoms with van der Waals surface area (Å²) >= 11 is 12.0. The molecule has 4 rings (SSSR count). The number of rotatable bonds is 0. The van der Waals surface area contributed by atoms with E-state index in [1.165, 1.54) is 0 Å². The molecule has 0 aliphatic carbocycles. The molecule has 0 saturated carbocycles. The summed E-state index contributed by atoms with van der Waals surface area (Å²) in [6, 6.07) is -0.841. The molecule has 104 valence electrons. The number of hydrogen-bond donors (Lipinski definition) is 2. The average Bonchev–Trinajstić information content (AvgIpc) is 2.53. The number of nitrogens with one attached hydrogen (secondary N) is 1. The van der Waals surface area contributed by atoms with E-state index in [0.717, 1.165) is 4.90 Å². The fraction of sp³-hybridized carbons (Fsp3) is 0.778. The Hall–Kier alpha value is -0.640. The van der Waals surface area contributed by atoms with Crippen LogP contribution in [0.3, 0.4) is 0 Å². The lowest BCUT2D eigenvalue weighted by Gasteiger charge is -2.56. The van der Waals surface area contributed by atoms with Gasteiger partial charge in [0.05, 0.1) is 6.61 Å². The quantitative estimate of drug-likeness (QED) is 0.550. The van der Waals surface area contributed by atoms with Crippen molar-refractivity contribution in [2.24, 2.45) is 0 Å². The number of halogens is 2. The number of ether oxygens (including phenoxy) is 3. The largest absolute Gasteiger partial charge is 0.386 e. The number of urea groups is 1. The zero-order valence-corrected chi connectivity index (χ0v) is 10.7. The Labute approximate surface area is 116 Å². The molecule has 4 saturated heterocycles. The number of alkyl halides is 2. The van der Waals surface area contributed by atoms with Crippen LogP contribution in [0.2, 0.25) is 0 Å². The Morgan fingerprint density at radius 3 is 2.89 bits per heavy atom. The Kier molecular flexibility index (Phi) is 2.12. The van der Waals surface area contributed by atoms with Crippen molar-refractivity contribution in [1.29, 1.82) is 0 Å². The van der Waals surface area contributed by atoms with Gasteiger partial charge in [-0.25, -0.2) is 9.69 Å². The van der Waals surface area contributed by atoms with Crippen molar-refractivity contribution < 1.29 is 28.9 Å². The summed E-state index contributed by atoms with van der Waals surface area (Å²) in [5.41, 5.74) is 0. The van der Waals surface area contributed by atoms with Gasteiger partial charge in [0.1, 0.15) is 18.3 Å². The van der Waals surface area contributed by atoms with E-state index in [2.05, 4.69) is 0 Å². The van der Waals surface area contributed by atoms with Gasteiger partial charge >= 0.3 is 11.9 Å². The van der Waals surface area contributed by atoms with Crippen LogP contribution < -0.4 is 5.32 Å². The summed E-state index contributed by atoms with van der Waals surface area (Å²) in [6.45, 7) is 0.0104. The van der Waals surface area contributed by atoms with Gasteiger partial charge in [0.2, 0.25) is 0 Å². The highest BCUT2D eigenvalue weighted by molar-refractivity contribution is 6.59. The van der Waals surface area contributed by atoms with Crippen LogP contribution >= 0.6 is 23.2 Å². The molecule has 4 heterocycles. The molecule has 0 aromatic heterocycles. The van der Waals surface area contributed by atoms with E-state index in [0.29, 0.717) is 0 Å². The molecule has 1 unspecified atom stereocenters. The first-order valence-electron chi connectivity index (χ1n) is 5.56. The van der Waals surface area contributed by atoms with Crippen molar-refractivity contribution >= 4 is 35.1 Å². The first-order chi connectivity index (χ1) is 8.88. The minimum Gasteiger partial charge on any atom is -0.386 e. The van der Waals surface area contributed by atoms with Crippen LogP contribution in [0.25, 0.3) is 0 Å². The van der Waals surface area contributed by atoms with Crippen molar-refractivity contribution in [3.63, 3.8) is 0 Å². The van der Waals surface area contributed by atoms with E-state index in [9.17, 15) is 14.7 Å². The first kappa shape index (κ1) is 12.1. The third-order valence-electron chi connectivity index (χ3n) is 3.74. The molecule has 2 N–H and O–H groups in total. The topological polar surface area (TPSA) is 97.3 Å². The van der Waals surface area contributed by atoms with Crippen LogP contribution in [-0.4, -0.2) is 63.3 Å². The van der Waals surface area contributed by atoms with Crippen LogP contribution in [0.4, 0.5) is 4.79 Å². The smallest absolute Gasteiger partial charge is 0.330 e. The van der Waals surface area contributed by atoms with Crippen LogP contribution in [0.15, 0.2) is 0 Å². The molecule has 5 atom stereocenters. The molecule has 0 aromatic rings. The average molecular weight is 311 g/mol. The maximum absolute atomic E-state index is 12.0. The zero-order chi connectivity index (χ0) is 13.6. The number of aliphatic hydroxyl groups is 1. The molecule has 3 amide bonds. The first-order valence-corrected chi connectivity index (χ1v) is 6.32. The molecule has 1 spiro atoms. The lowest BCUT2D eigenvalue weighted by molar-refractivity contribution is -0.383. The molecule has 4 aliphatic heterocycles. The number of imide groups is 1. The number of amides is 3. The Morgan fingerprint density at radius 1 is 1.42 bits per heavy atom. The predicted octanol–water partition coefficient (Wildman–Crippen LogP) is -1.12. The van der Waals surface area contributed by atoms with Gasteiger partial charge in [0, 0.05) is 0 Å². The Morgan fingerprint density at radius 2 is 2.16 bits per heavy atom. The second kappa shape index (κ2) is 3.33. The monoisotopic (exact) mass is 310 g/mol. The van der Waals surface area contributed by atoms with Crippen molar-refractivity contribution in [3.05, 3.63) is 0 Å². The number of carbonyl (C=O) groups is 2. The summed E-state index contributed by atoms with van der Waals surface area (Å²) in [6.07, 6.45) is -3.35. The fourth-order valence-corrected chi connectivity index (χ4v) is 3.34. The third kappa shape index (κ3) is 1.16. The number of fused-ring (bicyclic) bond motifs is 2. The van der Waals surface area contributed by atoms with Gasteiger partial charge in [-0.15, -0.1) is 0 Å². The summed E-state index contributed by atoms with van der Waals surface area (Å²) in [7, 11) is 0. The van der Waals surface area contributed by atoms with E-state index in [1.807, 2.05) is 5.32 Å². The number of carbonyl (C=O) groups excluding carboxylic acids is 2. The molecule has 0 aromatic carbocycles. The molecule has 4 aliphatic rings. The van der Waals surface area contributed by atoms with Gasteiger partial charge in [-0.05, 0) is 0 Å². The number of aliphatic hydroxyl groups excluding tert-OH is 1. The third-order valence-corrected chi connectivity index (χ3v) is 4.56. The molecular formula is C9H8Cl2N2O6. The van der Waals surface area contributed by atoms with Gasteiger partial charge in [-0.2, -0.15) is 0 Å². The fourth-order valence-electron chi connectivity index (χ4n) is 2.86. The maximum Gasteiger partial charge on any atom is 0.330 e. The van der Waals surface area contributed by atoms with E-state index in [1.54, 1.807) is 0 Å². The van der Waals surface area contributed by atoms with Crippen LogP contribution in [0.5, 0.6) is 0 Å². The SMILES string of the molecule is O=C1NC(=O)C(Cl)(Cl)C23OC[C@H]4O[C@H]([C@H](O)[C@H]4O2)N13. The Balaban J connectivity index is 1.91. The van der Waals surface area contributed by atoms with Gasteiger partial charge in [0.25, 0.3) is 10.2 Å². The van der Waals surface area contributed by atoms with Crippen molar-refractivity contribution in [2.45, 2.75) is 34.8 Å². The van der Waals surface area contributed by atoms with E-state index < -0.39 is 46.7 Å². The zero-order valence-electron chi connectivity index (χ0n) is 9.21. The highest BCUT2D eigenvalue weighted by Gasteiger charge is 2.77. The highest BCUT2D eigenvalue weighted by atomic mass is 35.5. The molecule has 10 heteroatoms. The summed E-state index contributed by atoms with van der Waals surface area (Å²) in [5, 5.41) is 12.0. The normalized spacial score (nSPS) is 50.2. The lowest BCUT2D eigenvalue weighted by atomic mass is 10.0. The van der Waals surface area contributed by atoms with E-state index in [-0.39, 0.29) is 6.61 Å².